The van der Waals surface area contributed by atoms with Crippen LogP contribution in [0.15, 0.2) is 24.3 Å². The highest BCUT2D eigenvalue weighted by molar-refractivity contribution is 6.18. The maximum absolute atomic E-state index is 11.8. The van der Waals surface area contributed by atoms with Gasteiger partial charge >= 0.3 is 6.03 Å². The number of benzene rings is 1. The number of hydrogen-bond acceptors (Lipinski definition) is 2. The highest BCUT2D eigenvalue weighted by Gasteiger charge is 2.22. The Morgan fingerprint density at radius 1 is 1.50 bits per heavy atom. The van der Waals surface area contributed by atoms with Crippen molar-refractivity contribution >= 4 is 23.3 Å². The molecule has 0 aromatic heterocycles. The fourth-order valence-electron chi connectivity index (χ4n) is 1.63. The summed E-state index contributed by atoms with van der Waals surface area (Å²) < 4.78 is 5.46. The van der Waals surface area contributed by atoms with Crippen LogP contribution in [0.4, 0.5) is 10.5 Å². The molecule has 0 radical (unpaired) electrons. The first-order valence-corrected chi connectivity index (χ1v) is 5.69. The molecule has 1 aromatic rings. The van der Waals surface area contributed by atoms with Gasteiger partial charge in [0.15, 0.2) is 0 Å². The quantitative estimate of drug-likeness (QED) is 0.802. The summed E-state index contributed by atoms with van der Waals surface area (Å²) in [5, 5.41) is 2.74. The van der Waals surface area contributed by atoms with E-state index >= 15 is 0 Å². The number of nitrogens with one attached hydrogen (secondary N) is 1. The molecule has 1 aliphatic heterocycles. The van der Waals surface area contributed by atoms with E-state index in [0.717, 1.165) is 11.4 Å². The molecule has 0 fully saturated rings. The molecule has 0 atom stereocenters. The minimum Gasteiger partial charge on any atom is -0.490 e. The van der Waals surface area contributed by atoms with Gasteiger partial charge in [-0.15, -0.1) is 11.6 Å². The zero-order chi connectivity index (χ0) is 11.4. The van der Waals surface area contributed by atoms with E-state index in [-0.39, 0.29) is 6.03 Å². The molecule has 0 spiro atoms. The summed E-state index contributed by atoms with van der Waals surface area (Å²) in [4.78, 5) is 13.5. The highest BCUT2D eigenvalue weighted by Crippen LogP contribution is 2.30. The van der Waals surface area contributed by atoms with Crippen molar-refractivity contribution in [3.05, 3.63) is 24.3 Å². The van der Waals surface area contributed by atoms with Crippen molar-refractivity contribution in [3.8, 4) is 5.75 Å². The second kappa shape index (κ2) is 5.07. The number of carbonyl (C=O) groups excluding carboxylic acids is 1. The first kappa shape index (κ1) is 11.1. The normalized spacial score (nSPS) is 13.9. The number of ether oxygens (including phenoxy) is 1. The zero-order valence-electron chi connectivity index (χ0n) is 8.78. The Bertz CT molecular complexity index is 384. The second-order valence-corrected chi connectivity index (χ2v) is 3.77. The predicted molar refractivity (Wildman–Crippen MR) is 63.4 cm³/mol. The molecule has 5 heteroatoms. The van der Waals surface area contributed by atoms with E-state index in [2.05, 4.69) is 5.32 Å². The van der Waals surface area contributed by atoms with E-state index in [1.165, 1.54) is 0 Å². The lowest BCUT2D eigenvalue weighted by molar-refractivity contribution is 0.240. The second-order valence-electron chi connectivity index (χ2n) is 3.39. The molecule has 1 N–H and O–H groups in total. The van der Waals surface area contributed by atoms with Crippen molar-refractivity contribution in [2.45, 2.75) is 0 Å². The number of amides is 2. The summed E-state index contributed by atoms with van der Waals surface area (Å²) in [7, 11) is 0. The minimum atomic E-state index is -0.128. The van der Waals surface area contributed by atoms with E-state index in [9.17, 15) is 4.79 Å². The fraction of sp³-hybridized carbons (Fsp3) is 0.364. The van der Waals surface area contributed by atoms with Crippen LogP contribution in [0.1, 0.15) is 0 Å². The first-order chi connectivity index (χ1) is 7.83. The average Bonchev–Trinajstić information content (AvgIpc) is 2.35. The van der Waals surface area contributed by atoms with Crippen LogP contribution in [0.2, 0.25) is 0 Å². The van der Waals surface area contributed by atoms with Gasteiger partial charge in [0.2, 0.25) is 0 Å². The largest absolute Gasteiger partial charge is 0.490 e. The third-order valence-electron chi connectivity index (χ3n) is 2.34. The third kappa shape index (κ3) is 2.22. The van der Waals surface area contributed by atoms with Crippen molar-refractivity contribution in [2.75, 3.05) is 30.5 Å². The van der Waals surface area contributed by atoms with Crippen LogP contribution in [0.3, 0.4) is 0 Å². The molecule has 16 heavy (non-hydrogen) atoms. The minimum absolute atomic E-state index is 0.128. The van der Waals surface area contributed by atoms with Gasteiger partial charge in [-0.1, -0.05) is 12.1 Å². The lowest BCUT2D eigenvalue weighted by Crippen LogP contribution is -2.44. The highest BCUT2D eigenvalue weighted by atomic mass is 35.5. The van der Waals surface area contributed by atoms with Crippen molar-refractivity contribution in [1.82, 2.24) is 5.32 Å². The van der Waals surface area contributed by atoms with Crippen LogP contribution in [-0.2, 0) is 0 Å². The van der Waals surface area contributed by atoms with Crippen LogP contribution in [-0.4, -0.2) is 31.6 Å². The maximum atomic E-state index is 11.8. The SMILES string of the molecule is O=C(NCCCl)N1CCOc2ccccc21. The molecule has 86 valence electrons. The van der Waals surface area contributed by atoms with Gasteiger partial charge < -0.3 is 10.1 Å². The van der Waals surface area contributed by atoms with Gasteiger partial charge in [0.05, 0.1) is 12.2 Å². The van der Waals surface area contributed by atoms with Crippen LogP contribution in [0.5, 0.6) is 5.75 Å². The molecule has 2 rings (SSSR count). The first-order valence-electron chi connectivity index (χ1n) is 5.16. The van der Waals surface area contributed by atoms with Gasteiger partial charge in [-0.05, 0) is 12.1 Å². The Morgan fingerprint density at radius 3 is 3.12 bits per heavy atom. The number of fused-ring (bicyclic) bond motifs is 1. The summed E-state index contributed by atoms with van der Waals surface area (Å²) >= 11 is 5.53. The Balaban J connectivity index is 2.15. The van der Waals surface area contributed by atoms with E-state index < -0.39 is 0 Å². The number of anilines is 1. The molecule has 0 unspecified atom stereocenters. The number of alkyl halides is 1. The molecule has 0 aliphatic carbocycles. The number of hydrogen-bond donors (Lipinski definition) is 1. The predicted octanol–water partition coefficient (Wildman–Crippen LogP) is 1.83. The third-order valence-corrected chi connectivity index (χ3v) is 2.53. The summed E-state index contributed by atoms with van der Waals surface area (Å²) in [6.45, 7) is 1.55. The van der Waals surface area contributed by atoms with E-state index in [4.69, 9.17) is 16.3 Å². The van der Waals surface area contributed by atoms with Gasteiger partial charge in [0.25, 0.3) is 0 Å². The number of urea groups is 1. The van der Waals surface area contributed by atoms with Gasteiger partial charge in [-0.2, -0.15) is 0 Å². The summed E-state index contributed by atoms with van der Waals surface area (Å²) in [6, 6.07) is 7.37. The van der Waals surface area contributed by atoms with Crippen LogP contribution < -0.4 is 15.0 Å². The Hall–Kier alpha value is -1.42. The van der Waals surface area contributed by atoms with Gasteiger partial charge in [0, 0.05) is 12.4 Å². The van der Waals surface area contributed by atoms with Crippen molar-refractivity contribution in [1.29, 1.82) is 0 Å². The number of rotatable bonds is 2. The lowest BCUT2D eigenvalue weighted by atomic mass is 10.2. The van der Waals surface area contributed by atoms with Crippen molar-refractivity contribution < 1.29 is 9.53 Å². The molecule has 4 nitrogen and oxygen atoms in total. The molecule has 1 aliphatic rings. The molecule has 1 aromatic carbocycles. The molecular weight excluding hydrogens is 228 g/mol. The number of para-hydroxylation sites is 2. The summed E-state index contributed by atoms with van der Waals surface area (Å²) in [5.41, 5.74) is 0.806. The molecule has 1 heterocycles. The maximum Gasteiger partial charge on any atom is 0.322 e. The van der Waals surface area contributed by atoms with Gasteiger partial charge in [-0.3, -0.25) is 4.90 Å². The standard InChI is InChI=1S/C11H13ClN2O2/c12-5-6-13-11(15)14-7-8-16-10-4-2-1-3-9(10)14/h1-4H,5-8H2,(H,13,15). The molecule has 0 bridgehead atoms. The van der Waals surface area contributed by atoms with E-state index in [1.807, 2.05) is 24.3 Å². The Labute approximate surface area is 99.1 Å². The molecule has 2 amide bonds. The summed E-state index contributed by atoms with van der Waals surface area (Å²) in [5.74, 6) is 1.16. The number of nitrogens with zero attached hydrogens (tertiary/aromatic N) is 1. The average molecular weight is 241 g/mol. The van der Waals surface area contributed by atoms with Crippen molar-refractivity contribution in [2.24, 2.45) is 0 Å². The Morgan fingerprint density at radius 2 is 2.31 bits per heavy atom. The smallest absolute Gasteiger partial charge is 0.322 e. The number of halogens is 1. The lowest BCUT2D eigenvalue weighted by Gasteiger charge is -2.29. The topological polar surface area (TPSA) is 41.6 Å². The summed E-state index contributed by atoms with van der Waals surface area (Å²) in [6.07, 6.45) is 0. The number of carbonyl (C=O) groups is 1. The van der Waals surface area contributed by atoms with Crippen molar-refractivity contribution in [3.63, 3.8) is 0 Å². The van der Waals surface area contributed by atoms with Gasteiger partial charge in [-0.25, -0.2) is 4.79 Å². The molecule has 0 saturated heterocycles. The Kier molecular flexibility index (Phi) is 3.51. The van der Waals surface area contributed by atoms with E-state index in [1.54, 1.807) is 4.90 Å². The van der Waals surface area contributed by atoms with Crippen LogP contribution in [0, 0.1) is 0 Å². The fourth-order valence-corrected chi connectivity index (χ4v) is 1.72. The zero-order valence-corrected chi connectivity index (χ0v) is 9.54. The van der Waals surface area contributed by atoms with Gasteiger partial charge in [0.1, 0.15) is 12.4 Å². The molecular formula is C11H13ClN2O2. The van der Waals surface area contributed by atoms with Crippen LogP contribution >= 0.6 is 11.6 Å². The molecule has 0 saturated carbocycles. The monoisotopic (exact) mass is 240 g/mol. The van der Waals surface area contributed by atoms with Crippen LogP contribution in [0.25, 0.3) is 0 Å². The van der Waals surface area contributed by atoms with E-state index in [0.29, 0.717) is 25.6 Å².